The lowest BCUT2D eigenvalue weighted by atomic mass is 10.1. The van der Waals surface area contributed by atoms with E-state index in [4.69, 9.17) is 4.74 Å². The van der Waals surface area contributed by atoms with Crippen LogP contribution in [0.25, 0.3) is 0 Å². The van der Waals surface area contributed by atoms with E-state index in [2.05, 4.69) is 20.8 Å². The van der Waals surface area contributed by atoms with E-state index in [0.717, 1.165) is 23.2 Å². The third kappa shape index (κ3) is 3.75. The molecule has 0 fully saturated rings. The van der Waals surface area contributed by atoms with Crippen molar-refractivity contribution in [2.24, 2.45) is 0 Å². The Hall–Kier alpha value is -2.67. The molecule has 1 aliphatic heterocycles. The molecule has 0 atom stereocenters. The normalized spacial score (nSPS) is 13.3. The molecule has 0 spiro atoms. The Morgan fingerprint density at radius 3 is 3.04 bits per heavy atom. The molecule has 3 N–H and O–H groups in total. The summed E-state index contributed by atoms with van der Waals surface area (Å²) in [6, 6.07) is 7.21. The number of H-pyrrole nitrogens is 1. The molecule has 0 radical (unpaired) electrons. The maximum atomic E-state index is 12.2. The van der Waals surface area contributed by atoms with Crippen molar-refractivity contribution in [3.63, 3.8) is 0 Å². The van der Waals surface area contributed by atoms with Crippen molar-refractivity contribution in [2.45, 2.75) is 26.4 Å². The highest BCUT2D eigenvalue weighted by atomic mass is 16.5. The summed E-state index contributed by atoms with van der Waals surface area (Å²) in [6.45, 7) is 2.57. The van der Waals surface area contributed by atoms with Gasteiger partial charge in [0.2, 0.25) is 11.8 Å². The van der Waals surface area contributed by atoms with Crippen LogP contribution in [0.3, 0.4) is 0 Å². The molecule has 0 saturated heterocycles. The first kappa shape index (κ1) is 15.2. The lowest BCUT2D eigenvalue weighted by Crippen LogP contribution is -2.17. The fraction of sp³-hybridized carbons (Fsp3) is 0.312. The molecule has 0 aliphatic carbocycles. The van der Waals surface area contributed by atoms with Crippen molar-refractivity contribution >= 4 is 23.3 Å². The van der Waals surface area contributed by atoms with Gasteiger partial charge in [0.25, 0.3) is 0 Å². The minimum absolute atomic E-state index is 0.144. The number of hydrogen-bond donors (Lipinski definition) is 3. The minimum Gasteiger partial charge on any atom is -0.376 e. The summed E-state index contributed by atoms with van der Waals surface area (Å²) in [5.41, 5.74) is 3.42. The Kier molecular flexibility index (Phi) is 4.38. The second kappa shape index (κ2) is 6.62. The largest absolute Gasteiger partial charge is 0.376 e. The number of aromatic nitrogens is 2. The van der Waals surface area contributed by atoms with Crippen LogP contribution in [-0.4, -0.2) is 28.6 Å². The zero-order valence-corrected chi connectivity index (χ0v) is 12.8. The van der Waals surface area contributed by atoms with E-state index in [1.54, 1.807) is 18.2 Å². The molecule has 1 aromatic carbocycles. The third-order valence-electron chi connectivity index (χ3n) is 3.57. The summed E-state index contributed by atoms with van der Waals surface area (Å²) < 4.78 is 5.40. The van der Waals surface area contributed by atoms with Crippen LogP contribution in [0, 0.1) is 0 Å². The van der Waals surface area contributed by atoms with Gasteiger partial charge >= 0.3 is 0 Å². The number of rotatable bonds is 4. The molecule has 0 unspecified atom stereocenters. The summed E-state index contributed by atoms with van der Waals surface area (Å²) in [4.78, 5) is 23.3. The number of fused-ring (bicyclic) bond motifs is 1. The van der Waals surface area contributed by atoms with Gasteiger partial charge in [-0.1, -0.05) is 12.1 Å². The van der Waals surface area contributed by atoms with Crippen LogP contribution in [0.2, 0.25) is 0 Å². The molecule has 120 valence electrons. The van der Waals surface area contributed by atoms with E-state index in [9.17, 15) is 9.59 Å². The van der Waals surface area contributed by atoms with Crippen LogP contribution in [-0.2, 0) is 33.8 Å². The summed E-state index contributed by atoms with van der Waals surface area (Å²) in [5, 5.41) is 12.6. The monoisotopic (exact) mass is 314 g/mol. The average molecular weight is 314 g/mol. The molecule has 1 aromatic heterocycles. The summed E-state index contributed by atoms with van der Waals surface area (Å²) in [5.74, 6) is 0.224. The first-order chi connectivity index (χ1) is 11.1. The van der Waals surface area contributed by atoms with E-state index < -0.39 is 0 Å². The SMILES string of the molecule is CC(=O)Nc1cccc(CC(=O)Nc2n[nH]c3c2COCC3)c1. The van der Waals surface area contributed by atoms with Crippen LogP contribution < -0.4 is 10.6 Å². The maximum absolute atomic E-state index is 12.2. The number of amides is 2. The van der Waals surface area contributed by atoms with Crippen molar-refractivity contribution in [3.05, 3.63) is 41.1 Å². The summed E-state index contributed by atoms with van der Waals surface area (Å²) >= 11 is 0. The van der Waals surface area contributed by atoms with Crippen molar-refractivity contribution in [3.8, 4) is 0 Å². The number of carbonyl (C=O) groups is 2. The second-order valence-corrected chi connectivity index (χ2v) is 5.44. The van der Waals surface area contributed by atoms with Crippen molar-refractivity contribution in [1.29, 1.82) is 0 Å². The molecule has 2 heterocycles. The topological polar surface area (TPSA) is 96.1 Å². The molecular weight excluding hydrogens is 296 g/mol. The van der Waals surface area contributed by atoms with E-state index in [1.165, 1.54) is 6.92 Å². The maximum Gasteiger partial charge on any atom is 0.230 e. The lowest BCUT2D eigenvalue weighted by Gasteiger charge is -2.12. The van der Waals surface area contributed by atoms with Gasteiger partial charge in [-0.2, -0.15) is 5.10 Å². The second-order valence-electron chi connectivity index (χ2n) is 5.44. The minimum atomic E-state index is -0.162. The zero-order chi connectivity index (χ0) is 16.2. The first-order valence-corrected chi connectivity index (χ1v) is 7.42. The first-order valence-electron chi connectivity index (χ1n) is 7.42. The third-order valence-corrected chi connectivity index (χ3v) is 3.57. The highest BCUT2D eigenvalue weighted by Gasteiger charge is 2.18. The van der Waals surface area contributed by atoms with Gasteiger partial charge in [0, 0.05) is 30.3 Å². The molecule has 0 saturated carbocycles. The molecule has 0 bridgehead atoms. The average Bonchev–Trinajstić information content (AvgIpc) is 2.90. The smallest absolute Gasteiger partial charge is 0.230 e. The Bertz CT molecular complexity index is 739. The van der Waals surface area contributed by atoms with Crippen LogP contribution >= 0.6 is 0 Å². The Morgan fingerprint density at radius 1 is 1.35 bits per heavy atom. The van der Waals surface area contributed by atoms with E-state index >= 15 is 0 Å². The standard InChI is InChI=1S/C16H18N4O3/c1-10(21)17-12-4-2-3-11(7-12)8-15(22)18-16-13-9-23-6-5-14(13)19-20-16/h2-4,7H,5-6,8-9H2,1H3,(H,17,21)(H2,18,19,20,22). The number of ether oxygens (including phenoxy) is 1. The van der Waals surface area contributed by atoms with Gasteiger partial charge < -0.3 is 15.4 Å². The molecule has 7 nitrogen and oxygen atoms in total. The van der Waals surface area contributed by atoms with Gasteiger partial charge in [-0.3, -0.25) is 14.7 Å². The summed E-state index contributed by atoms with van der Waals surface area (Å²) in [6.07, 6.45) is 0.979. The zero-order valence-electron chi connectivity index (χ0n) is 12.8. The van der Waals surface area contributed by atoms with E-state index in [1.807, 2.05) is 6.07 Å². The van der Waals surface area contributed by atoms with Crippen molar-refractivity contribution < 1.29 is 14.3 Å². The Balaban J connectivity index is 1.65. The number of carbonyl (C=O) groups excluding carboxylic acids is 2. The number of benzene rings is 1. The van der Waals surface area contributed by atoms with Gasteiger partial charge in [0.15, 0.2) is 5.82 Å². The van der Waals surface area contributed by atoms with Gasteiger partial charge in [-0.15, -0.1) is 0 Å². The van der Waals surface area contributed by atoms with Crippen LogP contribution in [0.4, 0.5) is 11.5 Å². The highest BCUT2D eigenvalue weighted by molar-refractivity contribution is 5.93. The van der Waals surface area contributed by atoms with E-state index in [0.29, 0.717) is 24.7 Å². The number of anilines is 2. The Morgan fingerprint density at radius 2 is 2.22 bits per heavy atom. The molecular formula is C16H18N4O3. The van der Waals surface area contributed by atoms with Gasteiger partial charge in [0.05, 0.1) is 19.6 Å². The fourth-order valence-corrected chi connectivity index (χ4v) is 2.54. The van der Waals surface area contributed by atoms with Gasteiger partial charge in [-0.05, 0) is 17.7 Å². The van der Waals surface area contributed by atoms with Crippen LogP contribution in [0.15, 0.2) is 24.3 Å². The number of hydrogen-bond acceptors (Lipinski definition) is 4. The number of aromatic amines is 1. The van der Waals surface area contributed by atoms with Crippen molar-refractivity contribution in [1.82, 2.24) is 10.2 Å². The lowest BCUT2D eigenvalue weighted by molar-refractivity contribution is -0.116. The fourth-order valence-electron chi connectivity index (χ4n) is 2.54. The predicted octanol–water partition coefficient (Wildman–Crippen LogP) is 1.62. The van der Waals surface area contributed by atoms with Crippen molar-refractivity contribution in [2.75, 3.05) is 17.2 Å². The number of nitrogens with zero attached hydrogens (tertiary/aromatic N) is 1. The van der Waals surface area contributed by atoms with Crippen LogP contribution in [0.1, 0.15) is 23.7 Å². The highest BCUT2D eigenvalue weighted by Crippen LogP contribution is 2.22. The molecule has 2 amide bonds. The molecule has 23 heavy (non-hydrogen) atoms. The number of nitrogens with one attached hydrogen (secondary N) is 3. The molecule has 3 rings (SSSR count). The van der Waals surface area contributed by atoms with Gasteiger partial charge in [-0.25, -0.2) is 0 Å². The molecule has 2 aromatic rings. The quantitative estimate of drug-likeness (QED) is 0.799. The van der Waals surface area contributed by atoms with Crippen LogP contribution in [0.5, 0.6) is 0 Å². The molecule has 7 heteroatoms. The predicted molar refractivity (Wildman–Crippen MR) is 85.0 cm³/mol. The Labute approximate surface area is 133 Å². The molecule has 1 aliphatic rings. The van der Waals surface area contributed by atoms with E-state index in [-0.39, 0.29) is 18.2 Å². The summed E-state index contributed by atoms with van der Waals surface area (Å²) in [7, 11) is 0. The van der Waals surface area contributed by atoms with Gasteiger partial charge in [0.1, 0.15) is 0 Å².